The van der Waals surface area contributed by atoms with Crippen LogP contribution in [0.3, 0.4) is 0 Å². The molecule has 1 aliphatic rings. The van der Waals surface area contributed by atoms with Crippen molar-refractivity contribution >= 4 is 17.7 Å². The van der Waals surface area contributed by atoms with E-state index in [0.29, 0.717) is 25.2 Å². The summed E-state index contributed by atoms with van der Waals surface area (Å²) in [6, 6.07) is 3.77. The molecule has 0 bridgehead atoms. The van der Waals surface area contributed by atoms with Crippen LogP contribution in [0.2, 0.25) is 0 Å². The Kier molecular flexibility index (Phi) is 6.64. The molecule has 0 spiro atoms. The topological polar surface area (TPSA) is 38.3 Å². The third-order valence-electron chi connectivity index (χ3n) is 3.68. The summed E-state index contributed by atoms with van der Waals surface area (Å²) >= 11 is 1.39. The third-order valence-corrected chi connectivity index (χ3v) is 5.10. The van der Waals surface area contributed by atoms with Gasteiger partial charge >= 0.3 is 0 Å². The van der Waals surface area contributed by atoms with Crippen molar-refractivity contribution in [3.05, 3.63) is 35.4 Å². The number of hydrogen-bond acceptors (Lipinski definition) is 3. The monoisotopic (exact) mass is 329 g/mol. The lowest BCUT2D eigenvalue weighted by Crippen LogP contribution is -2.39. The summed E-state index contributed by atoms with van der Waals surface area (Å²) in [4.78, 5) is 12.0. The maximum Gasteiger partial charge on any atom is 0.230 e. The van der Waals surface area contributed by atoms with Crippen molar-refractivity contribution < 1.29 is 18.3 Å². The minimum absolute atomic E-state index is 0.0436. The van der Waals surface area contributed by atoms with E-state index in [2.05, 4.69) is 5.32 Å². The lowest BCUT2D eigenvalue weighted by Gasteiger charge is -2.23. The van der Waals surface area contributed by atoms with Crippen molar-refractivity contribution in [1.82, 2.24) is 5.32 Å². The first-order valence-corrected chi connectivity index (χ1v) is 8.58. The molecule has 1 aromatic carbocycles. The Morgan fingerprint density at radius 3 is 2.77 bits per heavy atom. The predicted octanol–water partition coefficient (Wildman–Crippen LogP) is 3.44. The zero-order valence-corrected chi connectivity index (χ0v) is 13.4. The van der Waals surface area contributed by atoms with Crippen LogP contribution in [0.5, 0.6) is 0 Å². The largest absolute Gasteiger partial charge is 0.381 e. The van der Waals surface area contributed by atoms with E-state index in [0.717, 1.165) is 18.9 Å². The standard InChI is InChI=1S/C16H21F2NO2S/c1-2-15(13-4-3-11(17)9-14(13)18)22-10-16(20)19-12-5-7-21-8-6-12/h3-4,9,12,15H,2,5-8,10H2,1H3,(H,19,20). The van der Waals surface area contributed by atoms with E-state index in [1.165, 1.54) is 23.9 Å². The number of ether oxygens (including phenoxy) is 1. The number of carbonyl (C=O) groups excluding carboxylic acids is 1. The SMILES string of the molecule is CCC(SCC(=O)NC1CCOCC1)c1ccc(F)cc1F. The van der Waals surface area contributed by atoms with Crippen LogP contribution in [-0.4, -0.2) is 30.9 Å². The van der Waals surface area contributed by atoms with Gasteiger partial charge < -0.3 is 10.1 Å². The molecule has 1 atom stereocenters. The summed E-state index contributed by atoms with van der Waals surface area (Å²) in [5.74, 6) is -0.910. The molecule has 22 heavy (non-hydrogen) atoms. The maximum absolute atomic E-state index is 13.8. The van der Waals surface area contributed by atoms with Crippen LogP contribution in [0.4, 0.5) is 8.78 Å². The van der Waals surface area contributed by atoms with Gasteiger partial charge in [-0.2, -0.15) is 0 Å². The molecule has 1 amide bonds. The van der Waals surface area contributed by atoms with Crippen LogP contribution in [0.25, 0.3) is 0 Å². The molecule has 0 radical (unpaired) electrons. The van der Waals surface area contributed by atoms with Crippen LogP contribution in [0.1, 0.15) is 37.0 Å². The molecule has 1 fully saturated rings. The molecule has 0 saturated carbocycles. The van der Waals surface area contributed by atoms with Crippen LogP contribution < -0.4 is 5.32 Å². The van der Waals surface area contributed by atoms with E-state index in [1.807, 2.05) is 6.92 Å². The van der Waals surface area contributed by atoms with E-state index in [9.17, 15) is 13.6 Å². The average molecular weight is 329 g/mol. The van der Waals surface area contributed by atoms with Gasteiger partial charge in [0.1, 0.15) is 11.6 Å². The van der Waals surface area contributed by atoms with Gasteiger partial charge in [0.05, 0.1) is 5.75 Å². The summed E-state index contributed by atoms with van der Waals surface area (Å²) in [5, 5.41) is 2.83. The van der Waals surface area contributed by atoms with E-state index < -0.39 is 11.6 Å². The molecular formula is C16H21F2NO2S. The second kappa shape index (κ2) is 8.48. The maximum atomic E-state index is 13.8. The molecule has 1 aromatic rings. The molecule has 0 aliphatic carbocycles. The van der Waals surface area contributed by atoms with Crippen molar-refractivity contribution in [3.8, 4) is 0 Å². The average Bonchev–Trinajstić information content (AvgIpc) is 2.50. The lowest BCUT2D eigenvalue weighted by molar-refractivity contribution is -0.119. The number of benzene rings is 1. The molecular weight excluding hydrogens is 308 g/mol. The minimum Gasteiger partial charge on any atom is -0.381 e. The molecule has 2 rings (SSSR count). The second-order valence-corrected chi connectivity index (χ2v) is 6.52. The fourth-order valence-corrected chi connectivity index (χ4v) is 3.52. The smallest absolute Gasteiger partial charge is 0.230 e. The quantitative estimate of drug-likeness (QED) is 0.869. The number of halogens is 2. The van der Waals surface area contributed by atoms with Crippen molar-refractivity contribution in [1.29, 1.82) is 0 Å². The highest BCUT2D eigenvalue weighted by atomic mass is 32.2. The van der Waals surface area contributed by atoms with Crippen molar-refractivity contribution in [2.45, 2.75) is 37.5 Å². The Bertz CT molecular complexity index is 507. The zero-order valence-electron chi connectivity index (χ0n) is 12.6. The fraction of sp³-hybridized carbons (Fsp3) is 0.562. The zero-order chi connectivity index (χ0) is 15.9. The molecule has 6 heteroatoms. The van der Waals surface area contributed by atoms with Gasteiger partial charge in [0, 0.05) is 36.1 Å². The first-order valence-electron chi connectivity index (χ1n) is 7.53. The lowest BCUT2D eigenvalue weighted by atomic mass is 10.1. The summed E-state index contributed by atoms with van der Waals surface area (Å²) in [6.45, 7) is 3.28. The molecule has 122 valence electrons. The van der Waals surface area contributed by atoms with Crippen molar-refractivity contribution in [3.63, 3.8) is 0 Å². The van der Waals surface area contributed by atoms with E-state index in [4.69, 9.17) is 4.74 Å². The number of thioether (sulfide) groups is 1. The van der Waals surface area contributed by atoms with E-state index in [1.54, 1.807) is 0 Å². The van der Waals surface area contributed by atoms with E-state index >= 15 is 0 Å². The minimum atomic E-state index is -0.585. The predicted molar refractivity (Wildman–Crippen MR) is 83.8 cm³/mol. The molecule has 1 unspecified atom stereocenters. The first-order chi connectivity index (χ1) is 10.6. The Morgan fingerprint density at radius 1 is 1.41 bits per heavy atom. The Hall–Kier alpha value is -1.14. The summed E-state index contributed by atoms with van der Waals surface area (Å²) < 4.78 is 32.0. The normalized spacial score (nSPS) is 17.2. The van der Waals surface area contributed by atoms with Gasteiger partial charge in [-0.05, 0) is 25.3 Å². The highest BCUT2D eigenvalue weighted by molar-refractivity contribution is 8.00. The Morgan fingerprint density at radius 2 is 2.14 bits per heavy atom. The second-order valence-electron chi connectivity index (χ2n) is 5.33. The van der Waals surface area contributed by atoms with Gasteiger partial charge in [0.2, 0.25) is 5.91 Å². The Labute approximate surface area is 133 Å². The number of carbonyl (C=O) groups is 1. The molecule has 1 N–H and O–H groups in total. The van der Waals surface area contributed by atoms with Crippen molar-refractivity contribution in [2.75, 3.05) is 19.0 Å². The van der Waals surface area contributed by atoms with Crippen LogP contribution in [-0.2, 0) is 9.53 Å². The summed E-state index contributed by atoms with van der Waals surface area (Å²) in [7, 11) is 0. The highest BCUT2D eigenvalue weighted by Gasteiger charge is 2.19. The summed E-state index contributed by atoms with van der Waals surface area (Å²) in [6.07, 6.45) is 2.35. The molecule has 0 aromatic heterocycles. The van der Waals surface area contributed by atoms with Crippen LogP contribution in [0.15, 0.2) is 18.2 Å². The van der Waals surface area contributed by atoms with Gasteiger partial charge in [-0.15, -0.1) is 11.8 Å². The van der Waals surface area contributed by atoms with Crippen molar-refractivity contribution in [2.24, 2.45) is 0 Å². The van der Waals surface area contributed by atoms with Gasteiger partial charge in [0.15, 0.2) is 0 Å². The molecule has 1 heterocycles. The Balaban J connectivity index is 1.86. The number of amides is 1. The fourth-order valence-electron chi connectivity index (χ4n) is 2.48. The van der Waals surface area contributed by atoms with Gasteiger partial charge in [-0.1, -0.05) is 13.0 Å². The third kappa shape index (κ3) is 4.95. The molecule has 1 aliphatic heterocycles. The summed E-state index contributed by atoms with van der Waals surface area (Å²) in [5.41, 5.74) is 0.452. The first kappa shape index (κ1) is 17.2. The molecule has 3 nitrogen and oxygen atoms in total. The van der Waals surface area contributed by atoms with Gasteiger partial charge in [0.25, 0.3) is 0 Å². The molecule has 1 saturated heterocycles. The number of hydrogen-bond donors (Lipinski definition) is 1. The van der Waals surface area contributed by atoms with Crippen LogP contribution >= 0.6 is 11.8 Å². The van der Waals surface area contributed by atoms with Gasteiger partial charge in [-0.3, -0.25) is 4.79 Å². The highest BCUT2D eigenvalue weighted by Crippen LogP contribution is 2.33. The van der Waals surface area contributed by atoms with Crippen LogP contribution in [0, 0.1) is 11.6 Å². The number of nitrogens with one attached hydrogen (secondary N) is 1. The van der Waals surface area contributed by atoms with Gasteiger partial charge in [-0.25, -0.2) is 8.78 Å². The van der Waals surface area contributed by atoms with E-state index in [-0.39, 0.29) is 23.0 Å². The number of rotatable bonds is 6.